The van der Waals surface area contributed by atoms with Gasteiger partial charge in [-0.2, -0.15) is 0 Å². The third kappa shape index (κ3) is 3.99. The zero-order chi connectivity index (χ0) is 18.8. The largest absolute Gasteiger partial charge is 0.390 e. The third-order valence-electron chi connectivity index (χ3n) is 5.99. The van der Waals surface area contributed by atoms with Crippen molar-refractivity contribution in [3.8, 4) is 11.1 Å². The maximum atomic E-state index is 12.6. The van der Waals surface area contributed by atoms with Gasteiger partial charge in [-0.3, -0.25) is 15.6 Å². The van der Waals surface area contributed by atoms with Crippen LogP contribution in [0.2, 0.25) is 0 Å². The van der Waals surface area contributed by atoms with Gasteiger partial charge in [-0.05, 0) is 60.8 Å². The van der Waals surface area contributed by atoms with Crippen molar-refractivity contribution in [2.45, 2.75) is 37.9 Å². The average Bonchev–Trinajstić information content (AvgIpc) is 2.71. The van der Waals surface area contributed by atoms with Crippen LogP contribution < -0.4 is 10.9 Å². The van der Waals surface area contributed by atoms with Crippen LogP contribution in [0.5, 0.6) is 0 Å². The molecule has 5 heteroatoms. The maximum Gasteiger partial charge on any atom is 0.241 e. The fourth-order valence-electron chi connectivity index (χ4n) is 4.58. The first-order valence-corrected chi connectivity index (χ1v) is 9.67. The predicted molar refractivity (Wildman–Crippen MR) is 105 cm³/mol. The normalized spacial score (nSPS) is 29.8. The minimum atomic E-state index is -0.699. The molecule has 0 unspecified atom stereocenters. The van der Waals surface area contributed by atoms with Crippen LogP contribution >= 0.6 is 0 Å². The minimum Gasteiger partial charge on any atom is -0.390 e. The van der Waals surface area contributed by atoms with Crippen LogP contribution in [0.3, 0.4) is 0 Å². The SMILES string of the molecule is O=C(NNc1ccc(-c2ccccc2)cc1)[C@H]1C[C@H]2C[C@@H](C1)[C@H](O)[C@H](O)C2. The molecular weight excluding hydrogens is 340 g/mol. The summed E-state index contributed by atoms with van der Waals surface area (Å²) in [6.45, 7) is 0. The zero-order valence-corrected chi connectivity index (χ0v) is 15.2. The van der Waals surface area contributed by atoms with Crippen LogP contribution in [0.15, 0.2) is 54.6 Å². The van der Waals surface area contributed by atoms with E-state index in [4.69, 9.17) is 0 Å². The number of hydrazine groups is 1. The lowest BCUT2D eigenvalue weighted by atomic mass is 9.65. The molecule has 5 atom stereocenters. The highest BCUT2D eigenvalue weighted by molar-refractivity contribution is 5.80. The molecule has 4 rings (SSSR count). The van der Waals surface area contributed by atoms with Gasteiger partial charge in [0.1, 0.15) is 0 Å². The smallest absolute Gasteiger partial charge is 0.241 e. The molecule has 0 saturated heterocycles. The van der Waals surface area contributed by atoms with E-state index < -0.39 is 12.2 Å². The summed E-state index contributed by atoms with van der Waals surface area (Å²) in [6, 6.07) is 18.1. The molecule has 5 nitrogen and oxygen atoms in total. The van der Waals surface area contributed by atoms with Gasteiger partial charge in [0.05, 0.1) is 17.9 Å². The second-order valence-corrected chi connectivity index (χ2v) is 7.88. The fourth-order valence-corrected chi connectivity index (χ4v) is 4.58. The molecule has 0 spiro atoms. The topological polar surface area (TPSA) is 81.6 Å². The Hall–Kier alpha value is -2.37. The van der Waals surface area contributed by atoms with Gasteiger partial charge < -0.3 is 10.2 Å². The highest BCUT2D eigenvalue weighted by Gasteiger charge is 2.43. The highest BCUT2D eigenvalue weighted by atomic mass is 16.3. The molecule has 0 aliphatic heterocycles. The Morgan fingerprint density at radius 3 is 2.30 bits per heavy atom. The number of rotatable bonds is 4. The molecule has 27 heavy (non-hydrogen) atoms. The van der Waals surface area contributed by atoms with Gasteiger partial charge in [-0.15, -0.1) is 0 Å². The van der Waals surface area contributed by atoms with E-state index in [0.717, 1.165) is 29.7 Å². The predicted octanol–water partition coefficient (Wildman–Crippen LogP) is 2.95. The van der Waals surface area contributed by atoms with Gasteiger partial charge in [-0.1, -0.05) is 42.5 Å². The van der Waals surface area contributed by atoms with Crippen LogP contribution in [-0.4, -0.2) is 28.3 Å². The summed E-state index contributed by atoms with van der Waals surface area (Å²) < 4.78 is 0. The Labute approximate surface area is 159 Å². The van der Waals surface area contributed by atoms with Crippen molar-refractivity contribution in [3.63, 3.8) is 0 Å². The highest BCUT2D eigenvalue weighted by Crippen LogP contribution is 2.42. The summed E-state index contributed by atoms with van der Waals surface area (Å²) >= 11 is 0. The first-order chi connectivity index (χ1) is 13.1. The van der Waals surface area contributed by atoms with Gasteiger partial charge in [-0.25, -0.2) is 0 Å². The van der Waals surface area contributed by atoms with Crippen molar-refractivity contribution in [1.82, 2.24) is 5.43 Å². The van der Waals surface area contributed by atoms with E-state index in [2.05, 4.69) is 23.0 Å². The first kappa shape index (κ1) is 18.0. The average molecular weight is 366 g/mol. The van der Waals surface area contributed by atoms with E-state index >= 15 is 0 Å². The van der Waals surface area contributed by atoms with Crippen LogP contribution in [0.4, 0.5) is 5.69 Å². The standard InChI is InChI=1S/C22H26N2O3/c25-20-12-14-10-17(21(20)26)13-18(11-14)22(27)24-23-19-8-6-16(7-9-19)15-4-2-1-3-5-15/h1-9,14,17-18,20-21,23,25-26H,10-13H2,(H,24,27)/t14-,17+,18+,20-,21+/m1/s1. The zero-order valence-electron chi connectivity index (χ0n) is 15.2. The first-order valence-electron chi connectivity index (χ1n) is 9.67. The van der Waals surface area contributed by atoms with Crippen LogP contribution in [0.1, 0.15) is 25.7 Å². The number of anilines is 1. The number of fused-ring (bicyclic) bond motifs is 2. The number of amides is 1. The van der Waals surface area contributed by atoms with E-state index in [1.165, 1.54) is 0 Å². The molecule has 4 N–H and O–H groups in total. The van der Waals surface area contributed by atoms with E-state index in [0.29, 0.717) is 18.8 Å². The molecule has 2 saturated carbocycles. The molecule has 142 valence electrons. The van der Waals surface area contributed by atoms with E-state index in [1.807, 2.05) is 42.5 Å². The number of hydrogen-bond donors (Lipinski definition) is 4. The molecule has 1 amide bonds. The van der Waals surface area contributed by atoms with Crippen LogP contribution in [-0.2, 0) is 4.79 Å². The molecule has 2 aromatic carbocycles. The van der Waals surface area contributed by atoms with Crippen molar-refractivity contribution >= 4 is 11.6 Å². The summed E-state index contributed by atoms with van der Waals surface area (Å²) in [6.07, 6.45) is 1.58. The summed E-state index contributed by atoms with van der Waals surface area (Å²) in [5.74, 6) is 0.184. The lowest BCUT2D eigenvalue weighted by molar-refractivity contribution is -0.132. The molecule has 2 fully saturated rings. The van der Waals surface area contributed by atoms with Crippen molar-refractivity contribution < 1.29 is 15.0 Å². The second-order valence-electron chi connectivity index (χ2n) is 7.88. The Balaban J connectivity index is 1.33. The molecule has 0 aromatic heterocycles. The van der Waals surface area contributed by atoms with E-state index in [1.54, 1.807) is 0 Å². The van der Waals surface area contributed by atoms with Gasteiger partial charge >= 0.3 is 0 Å². The van der Waals surface area contributed by atoms with Crippen LogP contribution in [0, 0.1) is 17.8 Å². The maximum absolute atomic E-state index is 12.6. The molecule has 0 heterocycles. The molecule has 2 aromatic rings. The number of nitrogens with one attached hydrogen (secondary N) is 2. The number of hydrogen-bond acceptors (Lipinski definition) is 4. The van der Waals surface area contributed by atoms with Crippen molar-refractivity contribution in [1.29, 1.82) is 0 Å². The summed E-state index contributed by atoms with van der Waals surface area (Å²) in [4.78, 5) is 12.6. The molecular formula is C22H26N2O3. The Bertz CT molecular complexity index is 776. The quantitative estimate of drug-likeness (QED) is 0.627. The number of benzene rings is 2. The van der Waals surface area contributed by atoms with E-state index in [9.17, 15) is 15.0 Å². The van der Waals surface area contributed by atoms with Crippen molar-refractivity contribution in [2.24, 2.45) is 17.8 Å². The second kappa shape index (κ2) is 7.71. The summed E-state index contributed by atoms with van der Waals surface area (Å²) in [5.41, 5.74) is 8.91. The monoisotopic (exact) mass is 366 g/mol. The van der Waals surface area contributed by atoms with Gasteiger partial charge in [0.25, 0.3) is 0 Å². The van der Waals surface area contributed by atoms with Crippen molar-refractivity contribution in [3.05, 3.63) is 54.6 Å². The molecule has 2 bridgehead atoms. The van der Waals surface area contributed by atoms with Crippen LogP contribution in [0.25, 0.3) is 11.1 Å². The fraction of sp³-hybridized carbons (Fsp3) is 0.409. The number of carbonyl (C=O) groups excluding carboxylic acids is 1. The molecule has 0 radical (unpaired) electrons. The number of carbonyl (C=O) groups is 1. The lowest BCUT2D eigenvalue weighted by Crippen LogP contribution is -2.48. The number of aliphatic hydroxyl groups is 2. The van der Waals surface area contributed by atoms with Gasteiger partial charge in [0.2, 0.25) is 5.91 Å². The van der Waals surface area contributed by atoms with Gasteiger partial charge in [0, 0.05) is 5.92 Å². The molecule has 2 aliphatic carbocycles. The Morgan fingerprint density at radius 2 is 1.56 bits per heavy atom. The minimum absolute atomic E-state index is 0.0217. The van der Waals surface area contributed by atoms with E-state index in [-0.39, 0.29) is 17.7 Å². The Morgan fingerprint density at radius 1 is 0.852 bits per heavy atom. The lowest BCUT2D eigenvalue weighted by Gasteiger charge is -2.43. The third-order valence-corrected chi connectivity index (χ3v) is 5.99. The number of aliphatic hydroxyl groups excluding tert-OH is 2. The van der Waals surface area contributed by atoms with Crippen molar-refractivity contribution in [2.75, 3.05) is 5.43 Å². The Kier molecular flexibility index (Phi) is 5.14. The summed E-state index contributed by atoms with van der Waals surface area (Å²) in [5, 5.41) is 20.0. The summed E-state index contributed by atoms with van der Waals surface area (Å²) in [7, 11) is 0. The molecule has 2 aliphatic rings. The van der Waals surface area contributed by atoms with Gasteiger partial charge in [0.15, 0.2) is 0 Å².